The minimum Gasteiger partial charge on any atom is -0.328 e. The lowest BCUT2D eigenvalue weighted by Crippen LogP contribution is -2.41. The molecule has 0 aromatic heterocycles. The van der Waals surface area contributed by atoms with Gasteiger partial charge in [-0.1, -0.05) is 23.7 Å². The highest BCUT2D eigenvalue weighted by Crippen LogP contribution is 2.24. The molecule has 1 aliphatic carbocycles. The molecular weight excluding hydrogens is 220 g/mol. The second kappa shape index (κ2) is 5.67. The van der Waals surface area contributed by atoms with Crippen LogP contribution in [0.25, 0.3) is 0 Å². The van der Waals surface area contributed by atoms with Crippen molar-refractivity contribution in [1.29, 1.82) is 0 Å². The van der Waals surface area contributed by atoms with Gasteiger partial charge in [0.25, 0.3) is 0 Å². The summed E-state index contributed by atoms with van der Waals surface area (Å²) in [5.74, 6) is 0.806. The average molecular weight is 239 g/mol. The number of halogens is 1. The Balaban J connectivity index is 1.59. The van der Waals surface area contributed by atoms with Gasteiger partial charge < -0.3 is 11.1 Å². The van der Waals surface area contributed by atoms with Crippen molar-refractivity contribution >= 4 is 11.6 Å². The predicted octanol–water partition coefficient (Wildman–Crippen LogP) is 2.21. The standard InChI is InChI=1S/C13H19ClN2/c14-12-3-1-10(2-4-12)5-6-16-9-11-7-13(15)8-11/h1-4,11,13,16H,5-9,15H2. The van der Waals surface area contributed by atoms with Crippen molar-refractivity contribution in [3.05, 3.63) is 34.9 Å². The van der Waals surface area contributed by atoms with E-state index in [1.54, 1.807) is 0 Å². The van der Waals surface area contributed by atoms with Crippen molar-refractivity contribution in [2.24, 2.45) is 11.7 Å². The summed E-state index contributed by atoms with van der Waals surface area (Å²) in [5, 5.41) is 4.29. The third-order valence-electron chi connectivity index (χ3n) is 3.21. The maximum Gasteiger partial charge on any atom is 0.0406 e. The molecular formula is C13H19ClN2. The van der Waals surface area contributed by atoms with E-state index in [0.717, 1.165) is 30.5 Å². The molecule has 0 spiro atoms. The highest BCUT2D eigenvalue weighted by Gasteiger charge is 2.24. The zero-order valence-corrected chi connectivity index (χ0v) is 10.2. The lowest BCUT2D eigenvalue weighted by atomic mass is 9.81. The minimum absolute atomic E-state index is 0.461. The first-order valence-electron chi connectivity index (χ1n) is 5.95. The van der Waals surface area contributed by atoms with Gasteiger partial charge in [0.1, 0.15) is 0 Å². The Morgan fingerprint density at radius 1 is 1.25 bits per heavy atom. The summed E-state index contributed by atoms with van der Waals surface area (Å²) < 4.78 is 0. The molecule has 0 atom stereocenters. The number of benzene rings is 1. The molecule has 1 saturated carbocycles. The van der Waals surface area contributed by atoms with E-state index in [4.69, 9.17) is 17.3 Å². The van der Waals surface area contributed by atoms with Crippen LogP contribution in [0.1, 0.15) is 18.4 Å². The Bertz CT molecular complexity index is 317. The zero-order chi connectivity index (χ0) is 11.4. The van der Waals surface area contributed by atoms with Crippen molar-refractivity contribution in [2.45, 2.75) is 25.3 Å². The molecule has 1 aromatic rings. The molecule has 0 amide bonds. The van der Waals surface area contributed by atoms with Gasteiger partial charge in [0.2, 0.25) is 0 Å². The lowest BCUT2D eigenvalue weighted by Gasteiger charge is -2.32. The molecule has 3 heteroatoms. The van der Waals surface area contributed by atoms with E-state index in [9.17, 15) is 0 Å². The fourth-order valence-corrected chi connectivity index (χ4v) is 2.27. The van der Waals surface area contributed by atoms with Crippen molar-refractivity contribution in [2.75, 3.05) is 13.1 Å². The van der Waals surface area contributed by atoms with E-state index in [0.29, 0.717) is 6.04 Å². The number of rotatable bonds is 5. The van der Waals surface area contributed by atoms with Crippen LogP contribution in [0.4, 0.5) is 0 Å². The van der Waals surface area contributed by atoms with Crippen LogP contribution in [-0.2, 0) is 6.42 Å². The summed E-state index contributed by atoms with van der Waals surface area (Å²) in [6.07, 6.45) is 3.44. The first kappa shape index (κ1) is 11.9. The van der Waals surface area contributed by atoms with Gasteiger partial charge >= 0.3 is 0 Å². The second-order valence-electron chi connectivity index (χ2n) is 4.68. The molecule has 16 heavy (non-hydrogen) atoms. The zero-order valence-electron chi connectivity index (χ0n) is 9.45. The molecule has 1 aliphatic rings. The Labute approximate surface area is 102 Å². The van der Waals surface area contributed by atoms with E-state index in [-0.39, 0.29) is 0 Å². The van der Waals surface area contributed by atoms with E-state index in [1.165, 1.54) is 18.4 Å². The average Bonchev–Trinajstić information content (AvgIpc) is 2.24. The summed E-state index contributed by atoms with van der Waals surface area (Å²) in [5.41, 5.74) is 7.07. The van der Waals surface area contributed by atoms with E-state index < -0.39 is 0 Å². The fourth-order valence-electron chi connectivity index (χ4n) is 2.14. The molecule has 1 fully saturated rings. The summed E-state index contributed by atoms with van der Waals surface area (Å²) in [4.78, 5) is 0. The molecule has 3 N–H and O–H groups in total. The maximum absolute atomic E-state index is 5.83. The largest absolute Gasteiger partial charge is 0.328 e. The minimum atomic E-state index is 0.461. The molecule has 88 valence electrons. The van der Waals surface area contributed by atoms with Gasteiger partial charge in [-0.2, -0.15) is 0 Å². The number of nitrogens with one attached hydrogen (secondary N) is 1. The number of nitrogens with two attached hydrogens (primary N) is 1. The van der Waals surface area contributed by atoms with Crippen LogP contribution in [0.3, 0.4) is 0 Å². The molecule has 0 aliphatic heterocycles. The smallest absolute Gasteiger partial charge is 0.0406 e. The lowest BCUT2D eigenvalue weighted by molar-refractivity contribution is 0.257. The molecule has 1 aromatic carbocycles. The van der Waals surface area contributed by atoms with Gasteiger partial charge in [-0.25, -0.2) is 0 Å². The van der Waals surface area contributed by atoms with Gasteiger partial charge in [-0.3, -0.25) is 0 Å². The summed E-state index contributed by atoms with van der Waals surface area (Å²) >= 11 is 5.83. The van der Waals surface area contributed by atoms with Crippen LogP contribution >= 0.6 is 11.6 Å². The van der Waals surface area contributed by atoms with Gasteiger partial charge in [0.15, 0.2) is 0 Å². The topological polar surface area (TPSA) is 38.0 Å². The van der Waals surface area contributed by atoms with Crippen LogP contribution < -0.4 is 11.1 Å². The van der Waals surface area contributed by atoms with Crippen LogP contribution in [0.5, 0.6) is 0 Å². The molecule has 0 heterocycles. The Morgan fingerprint density at radius 3 is 2.56 bits per heavy atom. The monoisotopic (exact) mass is 238 g/mol. The van der Waals surface area contributed by atoms with Crippen molar-refractivity contribution in [3.63, 3.8) is 0 Å². The van der Waals surface area contributed by atoms with Crippen molar-refractivity contribution in [3.8, 4) is 0 Å². The Kier molecular flexibility index (Phi) is 4.22. The molecule has 2 nitrogen and oxygen atoms in total. The fraction of sp³-hybridized carbons (Fsp3) is 0.538. The van der Waals surface area contributed by atoms with E-state index in [1.807, 2.05) is 12.1 Å². The Morgan fingerprint density at radius 2 is 1.94 bits per heavy atom. The van der Waals surface area contributed by atoms with Gasteiger partial charge in [0.05, 0.1) is 0 Å². The molecule has 2 rings (SSSR count). The number of hydrogen-bond donors (Lipinski definition) is 2. The van der Waals surface area contributed by atoms with Crippen molar-refractivity contribution in [1.82, 2.24) is 5.32 Å². The molecule has 0 unspecified atom stereocenters. The summed E-state index contributed by atoms with van der Waals surface area (Å²) in [7, 11) is 0. The van der Waals surface area contributed by atoms with Gasteiger partial charge in [-0.05, 0) is 56.0 Å². The first-order chi connectivity index (χ1) is 7.74. The summed E-state index contributed by atoms with van der Waals surface area (Å²) in [6, 6.07) is 8.53. The normalized spacial score (nSPS) is 24.1. The van der Waals surface area contributed by atoms with Crippen LogP contribution in [-0.4, -0.2) is 19.1 Å². The van der Waals surface area contributed by atoms with Crippen molar-refractivity contribution < 1.29 is 0 Å². The van der Waals surface area contributed by atoms with E-state index in [2.05, 4.69) is 17.4 Å². The van der Waals surface area contributed by atoms with Crippen LogP contribution in [0.2, 0.25) is 5.02 Å². The molecule has 0 saturated heterocycles. The van der Waals surface area contributed by atoms with Gasteiger partial charge in [0, 0.05) is 11.1 Å². The first-order valence-corrected chi connectivity index (χ1v) is 6.32. The SMILES string of the molecule is NC1CC(CNCCc2ccc(Cl)cc2)C1. The second-order valence-corrected chi connectivity index (χ2v) is 5.11. The molecule has 0 radical (unpaired) electrons. The third kappa shape index (κ3) is 3.48. The predicted molar refractivity (Wildman–Crippen MR) is 68.7 cm³/mol. The number of hydrogen-bond acceptors (Lipinski definition) is 2. The quantitative estimate of drug-likeness (QED) is 0.772. The van der Waals surface area contributed by atoms with Crippen LogP contribution in [0.15, 0.2) is 24.3 Å². The van der Waals surface area contributed by atoms with Crippen LogP contribution in [0, 0.1) is 5.92 Å². The maximum atomic E-state index is 5.83. The third-order valence-corrected chi connectivity index (χ3v) is 3.46. The highest BCUT2D eigenvalue weighted by molar-refractivity contribution is 6.30. The van der Waals surface area contributed by atoms with E-state index >= 15 is 0 Å². The van der Waals surface area contributed by atoms with Gasteiger partial charge in [-0.15, -0.1) is 0 Å². The Hall–Kier alpha value is -0.570. The molecule has 0 bridgehead atoms. The summed E-state index contributed by atoms with van der Waals surface area (Å²) in [6.45, 7) is 2.15. The highest BCUT2D eigenvalue weighted by atomic mass is 35.5.